The predicted molar refractivity (Wildman–Crippen MR) is 75.3 cm³/mol. The monoisotopic (exact) mass is 272 g/mol. The molecule has 1 aromatic carbocycles. The lowest BCUT2D eigenvalue weighted by atomic mass is 10.2. The molecule has 0 atom stereocenters. The summed E-state index contributed by atoms with van der Waals surface area (Å²) in [5.41, 5.74) is 2.00. The number of aryl methyl sites for hydroxylation is 1. The SMILES string of the molecule is Cc1ccc(F)c(Oc2cncc(CNC3CC3)c2)c1. The zero-order valence-electron chi connectivity index (χ0n) is 11.4. The van der Waals surface area contributed by atoms with Gasteiger partial charge in [-0.05, 0) is 49.1 Å². The lowest BCUT2D eigenvalue weighted by molar-refractivity contribution is 0.439. The maximum absolute atomic E-state index is 13.7. The highest BCUT2D eigenvalue weighted by molar-refractivity contribution is 5.35. The summed E-state index contributed by atoms with van der Waals surface area (Å²) in [7, 11) is 0. The molecular formula is C16H17FN2O. The first-order chi connectivity index (χ1) is 9.70. The van der Waals surface area contributed by atoms with Crippen molar-refractivity contribution in [2.24, 2.45) is 0 Å². The molecule has 0 amide bonds. The lowest BCUT2D eigenvalue weighted by Gasteiger charge is -2.09. The summed E-state index contributed by atoms with van der Waals surface area (Å²) in [5.74, 6) is 0.431. The zero-order valence-corrected chi connectivity index (χ0v) is 11.4. The van der Waals surface area contributed by atoms with Gasteiger partial charge >= 0.3 is 0 Å². The maximum Gasteiger partial charge on any atom is 0.165 e. The van der Waals surface area contributed by atoms with Gasteiger partial charge < -0.3 is 10.1 Å². The highest BCUT2D eigenvalue weighted by Crippen LogP contribution is 2.26. The number of halogens is 1. The second-order valence-electron chi connectivity index (χ2n) is 5.22. The summed E-state index contributed by atoms with van der Waals surface area (Å²) in [4.78, 5) is 4.14. The van der Waals surface area contributed by atoms with E-state index in [2.05, 4.69) is 10.3 Å². The number of rotatable bonds is 5. The predicted octanol–water partition coefficient (Wildman–Crippen LogP) is 3.57. The summed E-state index contributed by atoms with van der Waals surface area (Å²) < 4.78 is 19.2. The third-order valence-corrected chi connectivity index (χ3v) is 3.26. The summed E-state index contributed by atoms with van der Waals surface area (Å²) in [6.45, 7) is 2.67. The van der Waals surface area contributed by atoms with Gasteiger partial charge in [-0.15, -0.1) is 0 Å². The van der Waals surface area contributed by atoms with Crippen LogP contribution in [0.1, 0.15) is 24.0 Å². The first-order valence-corrected chi connectivity index (χ1v) is 6.82. The van der Waals surface area contributed by atoms with Crippen LogP contribution < -0.4 is 10.1 Å². The molecule has 0 aliphatic heterocycles. The average Bonchev–Trinajstić information content (AvgIpc) is 3.25. The van der Waals surface area contributed by atoms with Crippen molar-refractivity contribution < 1.29 is 9.13 Å². The molecule has 0 radical (unpaired) electrons. The number of pyridine rings is 1. The van der Waals surface area contributed by atoms with Gasteiger partial charge in [0.1, 0.15) is 5.75 Å². The summed E-state index contributed by atoms with van der Waals surface area (Å²) >= 11 is 0. The molecule has 4 heteroatoms. The number of benzene rings is 1. The van der Waals surface area contributed by atoms with Crippen molar-refractivity contribution >= 4 is 0 Å². The van der Waals surface area contributed by atoms with E-state index in [-0.39, 0.29) is 11.6 Å². The Morgan fingerprint density at radius 2 is 2.15 bits per heavy atom. The van der Waals surface area contributed by atoms with Crippen LogP contribution in [-0.4, -0.2) is 11.0 Å². The Hall–Kier alpha value is -1.94. The van der Waals surface area contributed by atoms with Crippen molar-refractivity contribution in [2.45, 2.75) is 32.4 Å². The number of aromatic nitrogens is 1. The fraction of sp³-hybridized carbons (Fsp3) is 0.312. The molecule has 1 aromatic heterocycles. The first-order valence-electron chi connectivity index (χ1n) is 6.82. The van der Waals surface area contributed by atoms with Crippen molar-refractivity contribution in [1.82, 2.24) is 10.3 Å². The summed E-state index contributed by atoms with van der Waals surface area (Å²) in [6, 6.07) is 7.36. The van der Waals surface area contributed by atoms with E-state index in [1.807, 2.05) is 13.0 Å². The van der Waals surface area contributed by atoms with Crippen molar-refractivity contribution in [3.8, 4) is 11.5 Å². The van der Waals surface area contributed by atoms with Gasteiger partial charge in [-0.25, -0.2) is 4.39 Å². The van der Waals surface area contributed by atoms with E-state index in [1.54, 1.807) is 24.5 Å². The highest BCUT2D eigenvalue weighted by atomic mass is 19.1. The third kappa shape index (κ3) is 3.33. The van der Waals surface area contributed by atoms with Crippen molar-refractivity contribution in [1.29, 1.82) is 0 Å². The normalized spacial score (nSPS) is 14.3. The fourth-order valence-corrected chi connectivity index (χ4v) is 1.98. The van der Waals surface area contributed by atoms with Gasteiger partial charge in [0, 0.05) is 18.8 Å². The van der Waals surface area contributed by atoms with Crippen LogP contribution in [0.4, 0.5) is 4.39 Å². The molecule has 0 unspecified atom stereocenters. The smallest absolute Gasteiger partial charge is 0.165 e. The Bertz CT molecular complexity index is 611. The Kier molecular flexibility index (Phi) is 3.65. The zero-order chi connectivity index (χ0) is 13.9. The number of hydrogen-bond donors (Lipinski definition) is 1. The van der Waals surface area contributed by atoms with Crippen LogP contribution in [0.15, 0.2) is 36.7 Å². The van der Waals surface area contributed by atoms with Crippen molar-refractivity contribution in [3.05, 3.63) is 53.6 Å². The van der Waals surface area contributed by atoms with Crippen LogP contribution in [-0.2, 0) is 6.54 Å². The number of ether oxygens (including phenoxy) is 1. The van der Waals surface area contributed by atoms with E-state index >= 15 is 0 Å². The Balaban J connectivity index is 1.72. The second-order valence-corrected chi connectivity index (χ2v) is 5.22. The largest absolute Gasteiger partial charge is 0.453 e. The Morgan fingerprint density at radius 1 is 1.30 bits per heavy atom. The van der Waals surface area contributed by atoms with Gasteiger partial charge in [-0.2, -0.15) is 0 Å². The molecule has 0 bridgehead atoms. The van der Waals surface area contributed by atoms with Crippen LogP contribution in [0.3, 0.4) is 0 Å². The summed E-state index contributed by atoms with van der Waals surface area (Å²) in [5, 5.41) is 3.41. The highest BCUT2D eigenvalue weighted by Gasteiger charge is 2.20. The van der Waals surface area contributed by atoms with Crippen LogP contribution in [0, 0.1) is 12.7 Å². The number of nitrogens with one attached hydrogen (secondary N) is 1. The van der Waals surface area contributed by atoms with E-state index < -0.39 is 0 Å². The minimum atomic E-state index is -0.364. The molecule has 1 aliphatic rings. The quantitative estimate of drug-likeness (QED) is 0.903. The molecular weight excluding hydrogens is 255 g/mol. The molecule has 1 fully saturated rings. The van der Waals surface area contributed by atoms with Gasteiger partial charge in [-0.1, -0.05) is 6.07 Å². The maximum atomic E-state index is 13.7. The van der Waals surface area contributed by atoms with Gasteiger partial charge in [-0.3, -0.25) is 4.98 Å². The number of nitrogens with zero attached hydrogens (tertiary/aromatic N) is 1. The van der Waals surface area contributed by atoms with Gasteiger partial charge in [0.2, 0.25) is 0 Å². The van der Waals surface area contributed by atoms with Gasteiger partial charge in [0.05, 0.1) is 6.20 Å². The molecule has 0 saturated heterocycles. The molecule has 1 N–H and O–H groups in total. The fourth-order valence-electron chi connectivity index (χ4n) is 1.98. The van der Waals surface area contributed by atoms with Gasteiger partial charge in [0.15, 0.2) is 11.6 Å². The van der Waals surface area contributed by atoms with Crippen LogP contribution >= 0.6 is 0 Å². The minimum Gasteiger partial charge on any atom is -0.453 e. The average molecular weight is 272 g/mol. The molecule has 3 nitrogen and oxygen atoms in total. The minimum absolute atomic E-state index is 0.235. The molecule has 104 valence electrons. The third-order valence-electron chi connectivity index (χ3n) is 3.26. The van der Waals surface area contributed by atoms with E-state index in [0.29, 0.717) is 11.8 Å². The molecule has 0 spiro atoms. The lowest BCUT2D eigenvalue weighted by Crippen LogP contribution is -2.15. The van der Waals surface area contributed by atoms with Crippen molar-refractivity contribution in [2.75, 3.05) is 0 Å². The standard InChI is InChI=1S/C16H17FN2O/c1-11-2-5-15(17)16(6-11)20-14-7-12(8-18-10-14)9-19-13-3-4-13/h2,5-8,10,13,19H,3-4,9H2,1H3. The molecule has 1 aliphatic carbocycles. The van der Waals surface area contributed by atoms with Crippen LogP contribution in [0.25, 0.3) is 0 Å². The molecule has 1 heterocycles. The first kappa shape index (κ1) is 13.1. The Labute approximate surface area is 117 Å². The molecule has 3 rings (SSSR count). The van der Waals surface area contributed by atoms with Gasteiger partial charge in [0.25, 0.3) is 0 Å². The topological polar surface area (TPSA) is 34.1 Å². The molecule has 20 heavy (non-hydrogen) atoms. The van der Waals surface area contributed by atoms with Crippen LogP contribution in [0.2, 0.25) is 0 Å². The molecule has 1 saturated carbocycles. The van der Waals surface area contributed by atoms with E-state index in [0.717, 1.165) is 17.7 Å². The van der Waals surface area contributed by atoms with Crippen LogP contribution in [0.5, 0.6) is 11.5 Å². The summed E-state index contributed by atoms with van der Waals surface area (Å²) in [6.07, 6.45) is 5.90. The Morgan fingerprint density at radius 3 is 2.95 bits per heavy atom. The number of hydrogen-bond acceptors (Lipinski definition) is 3. The van der Waals surface area contributed by atoms with E-state index in [1.165, 1.54) is 18.9 Å². The van der Waals surface area contributed by atoms with Crippen molar-refractivity contribution in [3.63, 3.8) is 0 Å². The van der Waals surface area contributed by atoms with E-state index in [9.17, 15) is 4.39 Å². The second kappa shape index (κ2) is 5.59. The van der Waals surface area contributed by atoms with E-state index in [4.69, 9.17) is 4.74 Å². The molecule has 2 aromatic rings.